The van der Waals surface area contributed by atoms with Gasteiger partial charge in [-0.3, -0.25) is 4.90 Å². The van der Waals surface area contributed by atoms with Gasteiger partial charge in [0, 0.05) is 25.7 Å². The van der Waals surface area contributed by atoms with Gasteiger partial charge in [0.1, 0.15) is 0 Å². The van der Waals surface area contributed by atoms with Crippen LogP contribution >= 0.6 is 0 Å². The van der Waals surface area contributed by atoms with Crippen molar-refractivity contribution in [1.82, 2.24) is 15.4 Å². The van der Waals surface area contributed by atoms with Crippen molar-refractivity contribution in [3.05, 3.63) is 42.8 Å². The number of aromatic nitrogens is 1. The molecule has 1 aromatic heterocycles. The zero-order valence-corrected chi connectivity index (χ0v) is 10.5. The first-order valence-electron chi connectivity index (χ1n) is 5.89. The molecule has 0 radical (unpaired) electrons. The molecule has 0 saturated carbocycles. The Bertz CT molecular complexity index is 336. The van der Waals surface area contributed by atoms with Crippen molar-refractivity contribution < 1.29 is 4.52 Å². The third-order valence-electron chi connectivity index (χ3n) is 2.32. The Kier molecular flexibility index (Phi) is 6.29. The lowest BCUT2D eigenvalue weighted by Crippen LogP contribution is -2.22. The number of hydrogen-bond donors (Lipinski definition) is 1. The van der Waals surface area contributed by atoms with E-state index in [0.717, 1.165) is 44.2 Å². The van der Waals surface area contributed by atoms with Gasteiger partial charge in [-0.15, -0.1) is 13.2 Å². The Labute approximate surface area is 103 Å². The minimum Gasteiger partial charge on any atom is -0.360 e. The highest BCUT2D eigenvalue weighted by Crippen LogP contribution is 2.07. The molecule has 0 aliphatic rings. The third kappa shape index (κ3) is 4.97. The standard InChI is InChI=1S/C13H21N3O/c1-4-7-16(8-5-2)11-13-9-12(15-17-13)10-14-6-3/h4-5,9,14H,1-2,6-8,10-11H2,3H3. The molecule has 17 heavy (non-hydrogen) atoms. The summed E-state index contributed by atoms with van der Waals surface area (Å²) >= 11 is 0. The second-order valence-electron chi connectivity index (χ2n) is 3.84. The Morgan fingerprint density at radius 2 is 2.12 bits per heavy atom. The van der Waals surface area contributed by atoms with E-state index in [1.165, 1.54) is 0 Å². The van der Waals surface area contributed by atoms with E-state index >= 15 is 0 Å². The molecule has 0 aliphatic carbocycles. The minimum atomic E-state index is 0.733. The van der Waals surface area contributed by atoms with Crippen LogP contribution in [0.2, 0.25) is 0 Å². The van der Waals surface area contributed by atoms with Crippen molar-refractivity contribution in [1.29, 1.82) is 0 Å². The van der Waals surface area contributed by atoms with Crippen LogP contribution in [-0.2, 0) is 13.1 Å². The maximum Gasteiger partial charge on any atom is 0.151 e. The fourth-order valence-electron chi connectivity index (χ4n) is 1.56. The van der Waals surface area contributed by atoms with Gasteiger partial charge in [-0.25, -0.2) is 0 Å². The number of rotatable bonds is 9. The van der Waals surface area contributed by atoms with Crippen LogP contribution in [0.15, 0.2) is 35.9 Å². The van der Waals surface area contributed by atoms with Crippen LogP contribution in [0.4, 0.5) is 0 Å². The molecule has 4 nitrogen and oxygen atoms in total. The Morgan fingerprint density at radius 1 is 1.41 bits per heavy atom. The lowest BCUT2D eigenvalue weighted by atomic mass is 10.3. The Morgan fingerprint density at radius 3 is 2.71 bits per heavy atom. The van der Waals surface area contributed by atoms with Crippen molar-refractivity contribution in [2.75, 3.05) is 19.6 Å². The molecule has 0 spiro atoms. The molecule has 0 atom stereocenters. The van der Waals surface area contributed by atoms with Crippen LogP contribution in [0.1, 0.15) is 18.4 Å². The maximum atomic E-state index is 5.28. The zero-order valence-electron chi connectivity index (χ0n) is 10.5. The van der Waals surface area contributed by atoms with Gasteiger partial charge in [0.25, 0.3) is 0 Å². The SMILES string of the molecule is C=CCN(CC=C)Cc1cc(CNCC)no1. The molecular formula is C13H21N3O. The fraction of sp³-hybridized carbons (Fsp3) is 0.462. The molecule has 0 aliphatic heterocycles. The van der Waals surface area contributed by atoms with Crippen molar-refractivity contribution in [3.63, 3.8) is 0 Å². The molecule has 4 heteroatoms. The van der Waals surface area contributed by atoms with Gasteiger partial charge >= 0.3 is 0 Å². The predicted octanol–water partition coefficient (Wildman–Crippen LogP) is 1.96. The van der Waals surface area contributed by atoms with Crippen LogP contribution < -0.4 is 5.32 Å². The highest BCUT2D eigenvalue weighted by molar-refractivity contribution is 5.05. The highest BCUT2D eigenvalue weighted by Gasteiger charge is 2.08. The number of nitrogens with one attached hydrogen (secondary N) is 1. The normalized spacial score (nSPS) is 10.7. The number of hydrogen-bond acceptors (Lipinski definition) is 4. The molecule has 0 unspecified atom stereocenters. The monoisotopic (exact) mass is 235 g/mol. The maximum absolute atomic E-state index is 5.28. The van der Waals surface area contributed by atoms with Gasteiger partial charge in [0.2, 0.25) is 0 Å². The fourth-order valence-corrected chi connectivity index (χ4v) is 1.56. The topological polar surface area (TPSA) is 41.3 Å². The summed E-state index contributed by atoms with van der Waals surface area (Å²) in [6.07, 6.45) is 3.75. The van der Waals surface area contributed by atoms with Crippen molar-refractivity contribution in [2.24, 2.45) is 0 Å². The summed E-state index contributed by atoms with van der Waals surface area (Å²) < 4.78 is 5.28. The van der Waals surface area contributed by atoms with Crippen molar-refractivity contribution in [2.45, 2.75) is 20.0 Å². The minimum absolute atomic E-state index is 0.733. The van der Waals surface area contributed by atoms with Gasteiger partial charge in [0.15, 0.2) is 5.76 Å². The number of nitrogens with zero attached hydrogens (tertiary/aromatic N) is 2. The summed E-state index contributed by atoms with van der Waals surface area (Å²) in [5, 5.41) is 7.22. The van der Waals surface area contributed by atoms with E-state index < -0.39 is 0 Å². The first-order valence-corrected chi connectivity index (χ1v) is 5.89. The summed E-state index contributed by atoms with van der Waals surface area (Å²) in [6.45, 7) is 13.6. The highest BCUT2D eigenvalue weighted by atomic mass is 16.5. The van der Waals surface area contributed by atoms with Crippen LogP contribution in [0.5, 0.6) is 0 Å². The third-order valence-corrected chi connectivity index (χ3v) is 2.32. The second-order valence-corrected chi connectivity index (χ2v) is 3.84. The Hall–Kier alpha value is -1.39. The molecule has 0 fully saturated rings. The summed E-state index contributed by atoms with van der Waals surface area (Å²) in [4.78, 5) is 2.18. The van der Waals surface area contributed by atoms with E-state index in [9.17, 15) is 0 Å². The van der Waals surface area contributed by atoms with Crippen molar-refractivity contribution >= 4 is 0 Å². The lowest BCUT2D eigenvalue weighted by molar-refractivity contribution is 0.270. The average Bonchev–Trinajstić information content (AvgIpc) is 2.75. The van der Waals surface area contributed by atoms with Gasteiger partial charge in [0.05, 0.1) is 12.2 Å². The second kappa shape index (κ2) is 7.81. The largest absolute Gasteiger partial charge is 0.360 e. The molecule has 0 aromatic carbocycles. The summed E-state index contributed by atoms with van der Waals surface area (Å²) in [7, 11) is 0. The molecular weight excluding hydrogens is 214 g/mol. The van der Waals surface area contributed by atoms with Crippen LogP contribution in [0, 0.1) is 0 Å². The summed E-state index contributed by atoms with van der Waals surface area (Å²) in [5.74, 6) is 0.876. The smallest absolute Gasteiger partial charge is 0.151 e. The van der Waals surface area contributed by atoms with Gasteiger partial charge < -0.3 is 9.84 Å². The van der Waals surface area contributed by atoms with E-state index in [4.69, 9.17) is 4.52 Å². The van der Waals surface area contributed by atoms with E-state index in [1.807, 2.05) is 18.2 Å². The molecule has 0 amide bonds. The average molecular weight is 235 g/mol. The molecule has 1 aromatic rings. The summed E-state index contributed by atoms with van der Waals surface area (Å²) in [6, 6.07) is 1.99. The van der Waals surface area contributed by atoms with E-state index in [1.54, 1.807) is 0 Å². The van der Waals surface area contributed by atoms with E-state index in [0.29, 0.717) is 0 Å². The molecule has 1 heterocycles. The zero-order chi connectivity index (χ0) is 12.5. The van der Waals surface area contributed by atoms with Gasteiger partial charge in [-0.05, 0) is 6.54 Å². The van der Waals surface area contributed by atoms with Crippen LogP contribution in [0.3, 0.4) is 0 Å². The molecule has 1 rings (SSSR count). The summed E-state index contributed by atoms with van der Waals surface area (Å²) in [5.41, 5.74) is 0.944. The van der Waals surface area contributed by atoms with Gasteiger partial charge in [-0.1, -0.05) is 24.2 Å². The quantitative estimate of drug-likeness (QED) is 0.664. The van der Waals surface area contributed by atoms with Crippen LogP contribution in [-0.4, -0.2) is 29.7 Å². The molecule has 0 bridgehead atoms. The first-order chi connectivity index (χ1) is 8.30. The predicted molar refractivity (Wildman–Crippen MR) is 69.6 cm³/mol. The van der Waals surface area contributed by atoms with E-state index in [2.05, 4.69) is 35.5 Å². The van der Waals surface area contributed by atoms with Crippen LogP contribution in [0.25, 0.3) is 0 Å². The Balaban J connectivity index is 2.50. The molecule has 1 N–H and O–H groups in total. The van der Waals surface area contributed by atoms with Gasteiger partial charge in [-0.2, -0.15) is 0 Å². The van der Waals surface area contributed by atoms with E-state index in [-0.39, 0.29) is 0 Å². The molecule has 0 saturated heterocycles. The lowest BCUT2D eigenvalue weighted by Gasteiger charge is -2.16. The molecule has 94 valence electrons. The van der Waals surface area contributed by atoms with Crippen molar-refractivity contribution in [3.8, 4) is 0 Å². The first kappa shape index (κ1) is 13.7.